The fourth-order valence-corrected chi connectivity index (χ4v) is 1.75. The average molecular weight is 238 g/mol. The Morgan fingerprint density at radius 2 is 2.18 bits per heavy atom. The third kappa shape index (κ3) is 3.85. The van der Waals surface area contributed by atoms with E-state index in [1.165, 1.54) is 0 Å². The molecular weight excluding hydrogens is 216 g/mol. The maximum absolute atomic E-state index is 11.3. The van der Waals surface area contributed by atoms with E-state index in [0.29, 0.717) is 6.42 Å². The van der Waals surface area contributed by atoms with Gasteiger partial charge in [0.05, 0.1) is 18.1 Å². The zero-order valence-corrected chi connectivity index (χ0v) is 11.0. The molecule has 0 radical (unpaired) electrons. The van der Waals surface area contributed by atoms with Gasteiger partial charge >= 0.3 is 0 Å². The zero-order valence-electron chi connectivity index (χ0n) is 11.0. The number of nitrogens with one attached hydrogen (secondary N) is 1. The highest BCUT2D eigenvalue weighted by molar-refractivity contribution is 5.79. The van der Waals surface area contributed by atoms with E-state index in [4.69, 9.17) is 5.73 Å². The number of rotatable bonds is 6. The first-order chi connectivity index (χ1) is 7.91. The fourth-order valence-electron chi connectivity index (χ4n) is 1.75. The van der Waals surface area contributed by atoms with Crippen LogP contribution in [-0.2, 0) is 11.3 Å². The molecule has 0 aliphatic carbocycles. The van der Waals surface area contributed by atoms with Crippen LogP contribution in [0.2, 0.25) is 0 Å². The zero-order chi connectivity index (χ0) is 13.0. The van der Waals surface area contributed by atoms with Crippen molar-refractivity contribution in [2.75, 3.05) is 0 Å². The molecule has 1 atom stereocenters. The molecule has 1 aromatic heterocycles. The molecule has 0 aliphatic heterocycles. The first-order valence-corrected chi connectivity index (χ1v) is 5.95. The van der Waals surface area contributed by atoms with E-state index in [2.05, 4.69) is 10.3 Å². The predicted octanol–water partition coefficient (Wildman–Crippen LogP) is 0.742. The van der Waals surface area contributed by atoms with Gasteiger partial charge in [-0.1, -0.05) is 13.8 Å². The molecule has 3 N–H and O–H groups in total. The van der Waals surface area contributed by atoms with Crippen molar-refractivity contribution in [3.05, 3.63) is 17.7 Å². The predicted molar refractivity (Wildman–Crippen MR) is 67.6 cm³/mol. The molecule has 1 unspecified atom stereocenters. The minimum absolute atomic E-state index is 0.248. The number of primary amides is 1. The van der Waals surface area contributed by atoms with E-state index in [1.807, 2.05) is 32.3 Å². The second kappa shape index (κ2) is 5.82. The number of imidazole rings is 1. The number of carbonyl (C=O) groups is 1. The van der Waals surface area contributed by atoms with Crippen LogP contribution in [0.1, 0.15) is 31.7 Å². The molecule has 0 saturated heterocycles. The van der Waals surface area contributed by atoms with Gasteiger partial charge in [0.2, 0.25) is 5.91 Å². The smallest absolute Gasteiger partial charge is 0.234 e. The number of hydrogen-bond donors (Lipinski definition) is 2. The molecule has 1 amide bonds. The highest BCUT2D eigenvalue weighted by Crippen LogP contribution is 2.06. The normalized spacial score (nSPS) is 13.0. The summed E-state index contributed by atoms with van der Waals surface area (Å²) in [5, 5.41) is 3.17. The van der Waals surface area contributed by atoms with E-state index in [1.54, 1.807) is 6.33 Å². The molecule has 0 aliphatic rings. The van der Waals surface area contributed by atoms with Gasteiger partial charge in [0.15, 0.2) is 0 Å². The van der Waals surface area contributed by atoms with Crippen molar-refractivity contribution in [2.45, 2.75) is 52.7 Å². The van der Waals surface area contributed by atoms with Crippen LogP contribution in [0.3, 0.4) is 0 Å². The first kappa shape index (κ1) is 13.7. The van der Waals surface area contributed by atoms with Gasteiger partial charge in [0.25, 0.3) is 0 Å². The number of carbonyl (C=O) groups excluding carboxylic acids is 1. The lowest BCUT2D eigenvalue weighted by Gasteiger charge is -2.18. The third-order valence-electron chi connectivity index (χ3n) is 2.88. The van der Waals surface area contributed by atoms with Gasteiger partial charge in [0.1, 0.15) is 0 Å². The second-order valence-electron chi connectivity index (χ2n) is 4.67. The van der Waals surface area contributed by atoms with Crippen molar-refractivity contribution < 1.29 is 4.79 Å². The first-order valence-electron chi connectivity index (χ1n) is 5.95. The van der Waals surface area contributed by atoms with E-state index in [0.717, 1.165) is 17.9 Å². The Balaban J connectivity index is 2.58. The van der Waals surface area contributed by atoms with Crippen LogP contribution in [0.15, 0.2) is 6.33 Å². The molecule has 5 nitrogen and oxygen atoms in total. The standard InChI is InChI=1S/C12H22N4O/c1-8(2)15-11(12(13)17)5-6-16-7-14-9(3)10(16)4/h7-8,11,15H,5-6H2,1-4H3,(H2,13,17). The van der Waals surface area contributed by atoms with Crippen LogP contribution in [0.25, 0.3) is 0 Å². The molecule has 5 heteroatoms. The quantitative estimate of drug-likeness (QED) is 0.768. The van der Waals surface area contributed by atoms with Crippen LogP contribution in [-0.4, -0.2) is 27.5 Å². The van der Waals surface area contributed by atoms with Gasteiger partial charge in [0, 0.05) is 18.3 Å². The molecule has 1 aromatic rings. The topological polar surface area (TPSA) is 72.9 Å². The summed E-state index contributed by atoms with van der Waals surface area (Å²) in [5.41, 5.74) is 7.53. The van der Waals surface area contributed by atoms with Crippen molar-refractivity contribution in [3.63, 3.8) is 0 Å². The maximum atomic E-state index is 11.3. The number of aryl methyl sites for hydroxylation is 2. The summed E-state index contributed by atoms with van der Waals surface area (Å²) < 4.78 is 2.05. The molecule has 1 heterocycles. The van der Waals surface area contributed by atoms with Crippen LogP contribution in [0.4, 0.5) is 0 Å². The number of hydrogen-bond acceptors (Lipinski definition) is 3. The molecule has 96 valence electrons. The Hall–Kier alpha value is -1.36. The third-order valence-corrected chi connectivity index (χ3v) is 2.88. The van der Waals surface area contributed by atoms with Crippen molar-refractivity contribution in [1.29, 1.82) is 0 Å². The summed E-state index contributed by atoms with van der Waals surface area (Å²) in [6, 6.07) is -0.0322. The number of nitrogens with zero attached hydrogens (tertiary/aromatic N) is 2. The van der Waals surface area contributed by atoms with Crippen molar-refractivity contribution in [2.24, 2.45) is 5.73 Å². The van der Waals surface area contributed by atoms with Gasteiger partial charge in [-0.25, -0.2) is 4.98 Å². The fraction of sp³-hybridized carbons (Fsp3) is 0.667. The number of amides is 1. The molecular formula is C12H22N4O. The van der Waals surface area contributed by atoms with Crippen LogP contribution >= 0.6 is 0 Å². The maximum Gasteiger partial charge on any atom is 0.234 e. The van der Waals surface area contributed by atoms with Crippen molar-refractivity contribution >= 4 is 5.91 Å². The van der Waals surface area contributed by atoms with Crippen LogP contribution in [0, 0.1) is 13.8 Å². The second-order valence-corrected chi connectivity index (χ2v) is 4.67. The molecule has 0 spiro atoms. The summed E-state index contributed by atoms with van der Waals surface area (Å²) in [4.78, 5) is 15.5. The molecule has 0 bridgehead atoms. The Morgan fingerprint density at radius 1 is 1.53 bits per heavy atom. The summed E-state index contributed by atoms with van der Waals surface area (Å²) in [6.45, 7) is 8.76. The van der Waals surface area contributed by atoms with Gasteiger partial charge < -0.3 is 15.6 Å². The Morgan fingerprint density at radius 3 is 2.59 bits per heavy atom. The monoisotopic (exact) mass is 238 g/mol. The highest BCUT2D eigenvalue weighted by Gasteiger charge is 2.16. The lowest BCUT2D eigenvalue weighted by molar-refractivity contribution is -0.120. The van der Waals surface area contributed by atoms with Gasteiger partial charge in [-0.15, -0.1) is 0 Å². The van der Waals surface area contributed by atoms with E-state index < -0.39 is 0 Å². The Kier molecular flexibility index (Phi) is 4.69. The summed E-state index contributed by atoms with van der Waals surface area (Å²) >= 11 is 0. The highest BCUT2D eigenvalue weighted by atomic mass is 16.1. The molecule has 0 aromatic carbocycles. The lowest BCUT2D eigenvalue weighted by atomic mass is 10.1. The van der Waals surface area contributed by atoms with Crippen LogP contribution < -0.4 is 11.1 Å². The van der Waals surface area contributed by atoms with E-state index in [9.17, 15) is 4.79 Å². The Labute approximate surface area is 102 Å². The van der Waals surface area contributed by atoms with Gasteiger partial charge in [-0.05, 0) is 20.3 Å². The average Bonchev–Trinajstić information content (AvgIpc) is 2.54. The van der Waals surface area contributed by atoms with E-state index in [-0.39, 0.29) is 18.0 Å². The Bertz CT molecular complexity index is 384. The summed E-state index contributed by atoms with van der Waals surface area (Å²) in [5.74, 6) is -0.298. The van der Waals surface area contributed by atoms with Crippen molar-refractivity contribution in [1.82, 2.24) is 14.9 Å². The molecule has 0 fully saturated rings. The van der Waals surface area contributed by atoms with Crippen LogP contribution in [0.5, 0.6) is 0 Å². The molecule has 17 heavy (non-hydrogen) atoms. The van der Waals surface area contributed by atoms with Crippen molar-refractivity contribution in [3.8, 4) is 0 Å². The lowest BCUT2D eigenvalue weighted by Crippen LogP contribution is -2.45. The SMILES string of the molecule is Cc1ncn(CCC(NC(C)C)C(N)=O)c1C. The molecule has 1 rings (SSSR count). The largest absolute Gasteiger partial charge is 0.368 e. The van der Waals surface area contributed by atoms with Gasteiger partial charge in [-0.3, -0.25) is 4.79 Å². The minimum atomic E-state index is -0.298. The molecule has 0 saturated carbocycles. The summed E-state index contributed by atoms with van der Waals surface area (Å²) in [7, 11) is 0. The minimum Gasteiger partial charge on any atom is -0.368 e. The number of nitrogens with two attached hydrogens (primary N) is 1. The van der Waals surface area contributed by atoms with Gasteiger partial charge in [-0.2, -0.15) is 0 Å². The van der Waals surface area contributed by atoms with E-state index >= 15 is 0 Å². The summed E-state index contributed by atoms with van der Waals surface area (Å²) in [6.07, 6.45) is 2.49. The number of aromatic nitrogens is 2.